The lowest BCUT2D eigenvalue weighted by Gasteiger charge is -2.07. The summed E-state index contributed by atoms with van der Waals surface area (Å²) in [5.41, 5.74) is 2.61. The molecule has 0 atom stereocenters. The van der Waals surface area contributed by atoms with Crippen molar-refractivity contribution >= 4 is 5.70 Å². The highest BCUT2D eigenvalue weighted by molar-refractivity contribution is 5.63. The fraction of sp³-hybridized carbons (Fsp3) is 0.333. The second-order valence-electron chi connectivity index (χ2n) is 3.41. The van der Waals surface area contributed by atoms with Crippen LogP contribution in [0.1, 0.15) is 24.8 Å². The Morgan fingerprint density at radius 1 is 1.00 bits per heavy atom. The fourth-order valence-corrected chi connectivity index (χ4v) is 1.65. The van der Waals surface area contributed by atoms with E-state index in [1.54, 1.807) is 0 Å². The van der Waals surface area contributed by atoms with Gasteiger partial charge in [-0.25, -0.2) is 0 Å². The van der Waals surface area contributed by atoms with Gasteiger partial charge < -0.3 is 5.32 Å². The third kappa shape index (κ3) is 2.11. The van der Waals surface area contributed by atoms with Gasteiger partial charge in [-0.1, -0.05) is 36.4 Å². The lowest BCUT2D eigenvalue weighted by molar-refractivity contribution is 0.735. The Labute approximate surface area is 79.5 Å². The Morgan fingerprint density at radius 3 is 2.69 bits per heavy atom. The highest BCUT2D eigenvalue weighted by Gasteiger charge is 2.02. The van der Waals surface area contributed by atoms with Gasteiger partial charge in [-0.05, 0) is 24.8 Å². The Morgan fingerprint density at radius 2 is 1.85 bits per heavy atom. The zero-order valence-electron chi connectivity index (χ0n) is 7.79. The van der Waals surface area contributed by atoms with Crippen LogP contribution >= 0.6 is 0 Å². The van der Waals surface area contributed by atoms with Gasteiger partial charge in [-0.2, -0.15) is 0 Å². The van der Waals surface area contributed by atoms with Crippen LogP contribution in [0.4, 0.5) is 0 Å². The molecule has 0 saturated carbocycles. The van der Waals surface area contributed by atoms with E-state index in [2.05, 4.69) is 41.7 Å². The highest BCUT2D eigenvalue weighted by Crippen LogP contribution is 2.15. The van der Waals surface area contributed by atoms with E-state index >= 15 is 0 Å². The number of benzene rings is 1. The summed E-state index contributed by atoms with van der Waals surface area (Å²) in [6.45, 7) is 1.11. The van der Waals surface area contributed by atoms with E-state index in [4.69, 9.17) is 0 Å². The molecule has 1 heteroatoms. The molecule has 2 rings (SSSR count). The van der Waals surface area contributed by atoms with Crippen LogP contribution < -0.4 is 5.32 Å². The molecular formula is C12H15N. The maximum Gasteiger partial charge on any atom is 0.0373 e. The van der Waals surface area contributed by atoms with Crippen molar-refractivity contribution in [1.82, 2.24) is 5.32 Å². The number of rotatable bonds is 1. The number of allylic oxidation sites excluding steroid dienone is 1. The predicted molar refractivity (Wildman–Crippen MR) is 56.3 cm³/mol. The first-order valence-corrected chi connectivity index (χ1v) is 4.96. The molecule has 0 aromatic heterocycles. The van der Waals surface area contributed by atoms with Crippen LogP contribution in [0.25, 0.3) is 5.70 Å². The summed E-state index contributed by atoms with van der Waals surface area (Å²) in [4.78, 5) is 0. The summed E-state index contributed by atoms with van der Waals surface area (Å²) >= 11 is 0. The molecule has 0 radical (unpaired) electrons. The zero-order chi connectivity index (χ0) is 8.93. The molecule has 1 N–H and O–H groups in total. The van der Waals surface area contributed by atoms with Gasteiger partial charge in [0.05, 0.1) is 0 Å². The molecule has 68 valence electrons. The van der Waals surface area contributed by atoms with Gasteiger partial charge in [-0.3, -0.25) is 0 Å². The topological polar surface area (TPSA) is 12.0 Å². The summed E-state index contributed by atoms with van der Waals surface area (Å²) in [6, 6.07) is 10.5. The number of nitrogens with one attached hydrogen (secondary N) is 1. The van der Waals surface area contributed by atoms with Crippen LogP contribution in [0, 0.1) is 0 Å². The SMILES string of the molecule is C1=C(c2ccccc2)NCCCC1. The van der Waals surface area contributed by atoms with E-state index in [0.717, 1.165) is 6.54 Å². The monoisotopic (exact) mass is 173 g/mol. The molecule has 1 nitrogen and oxygen atoms in total. The minimum absolute atomic E-state index is 1.11. The van der Waals surface area contributed by atoms with Crippen LogP contribution in [-0.4, -0.2) is 6.54 Å². The molecule has 13 heavy (non-hydrogen) atoms. The van der Waals surface area contributed by atoms with Crippen LogP contribution in [0.5, 0.6) is 0 Å². The van der Waals surface area contributed by atoms with Crippen molar-refractivity contribution in [2.75, 3.05) is 6.54 Å². The smallest absolute Gasteiger partial charge is 0.0373 e. The molecule has 0 fully saturated rings. The van der Waals surface area contributed by atoms with Crippen LogP contribution in [0.2, 0.25) is 0 Å². The summed E-state index contributed by atoms with van der Waals surface area (Å²) in [7, 11) is 0. The number of hydrogen-bond donors (Lipinski definition) is 1. The van der Waals surface area contributed by atoms with Gasteiger partial charge in [0.1, 0.15) is 0 Å². The predicted octanol–water partition coefficient (Wildman–Crippen LogP) is 2.80. The summed E-state index contributed by atoms with van der Waals surface area (Å²) in [5, 5.41) is 3.46. The molecule has 1 aliphatic rings. The molecule has 0 saturated heterocycles. The van der Waals surface area contributed by atoms with Gasteiger partial charge in [0.25, 0.3) is 0 Å². The van der Waals surface area contributed by atoms with Crippen molar-refractivity contribution in [1.29, 1.82) is 0 Å². The first-order valence-electron chi connectivity index (χ1n) is 4.96. The average molecular weight is 173 g/mol. The quantitative estimate of drug-likeness (QED) is 0.688. The Bertz CT molecular complexity index is 287. The van der Waals surface area contributed by atoms with Gasteiger partial charge >= 0.3 is 0 Å². The molecule has 1 aliphatic heterocycles. The standard InChI is InChI=1S/C12H15N/c1-3-7-11(8-4-1)12-9-5-2-6-10-13-12/h1,3-4,7-9,13H,2,5-6,10H2. The van der Waals surface area contributed by atoms with E-state index in [9.17, 15) is 0 Å². The molecule has 0 aliphatic carbocycles. The van der Waals surface area contributed by atoms with Crippen LogP contribution in [0.15, 0.2) is 36.4 Å². The third-order valence-corrected chi connectivity index (χ3v) is 2.38. The number of hydrogen-bond acceptors (Lipinski definition) is 1. The second kappa shape index (κ2) is 4.13. The first-order chi connectivity index (χ1) is 6.47. The van der Waals surface area contributed by atoms with Crippen LogP contribution in [0.3, 0.4) is 0 Å². The maximum atomic E-state index is 3.46. The highest BCUT2D eigenvalue weighted by atomic mass is 14.9. The fourth-order valence-electron chi connectivity index (χ4n) is 1.65. The van der Waals surface area contributed by atoms with E-state index in [-0.39, 0.29) is 0 Å². The van der Waals surface area contributed by atoms with E-state index in [0.29, 0.717) is 0 Å². The van der Waals surface area contributed by atoms with Gasteiger partial charge in [0, 0.05) is 12.2 Å². The van der Waals surface area contributed by atoms with E-state index < -0.39 is 0 Å². The lowest BCUT2D eigenvalue weighted by Crippen LogP contribution is -2.11. The Hall–Kier alpha value is -1.24. The first kappa shape index (κ1) is 8.36. The van der Waals surface area contributed by atoms with Gasteiger partial charge in [0.2, 0.25) is 0 Å². The summed E-state index contributed by atoms with van der Waals surface area (Å²) in [5.74, 6) is 0. The molecule has 1 heterocycles. The molecule has 1 aromatic rings. The normalized spacial score (nSPS) is 17.1. The summed E-state index contributed by atoms with van der Waals surface area (Å²) < 4.78 is 0. The molecule has 0 unspecified atom stereocenters. The third-order valence-electron chi connectivity index (χ3n) is 2.38. The molecule has 0 bridgehead atoms. The molecule has 1 aromatic carbocycles. The molecule has 0 spiro atoms. The van der Waals surface area contributed by atoms with E-state index in [1.165, 1.54) is 30.5 Å². The van der Waals surface area contributed by atoms with Crippen molar-refractivity contribution in [3.63, 3.8) is 0 Å². The van der Waals surface area contributed by atoms with Gasteiger partial charge in [0.15, 0.2) is 0 Å². The zero-order valence-corrected chi connectivity index (χ0v) is 7.79. The van der Waals surface area contributed by atoms with Crippen molar-refractivity contribution < 1.29 is 0 Å². The van der Waals surface area contributed by atoms with Gasteiger partial charge in [-0.15, -0.1) is 0 Å². The minimum atomic E-state index is 1.11. The van der Waals surface area contributed by atoms with Crippen molar-refractivity contribution in [2.45, 2.75) is 19.3 Å². The summed E-state index contributed by atoms with van der Waals surface area (Å²) in [6.07, 6.45) is 6.11. The average Bonchev–Trinajstić information content (AvgIpc) is 2.47. The minimum Gasteiger partial charge on any atom is -0.385 e. The Balaban J connectivity index is 2.19. The van der Waals surface area contributed by atoms with Crippen LogP contribution in [-0.2, 0) is 0 Å². The molecular weight excluding hydrogens is 158 g/mol. The van der Waals surface area contributed by atoms with Crippen molar-refractivity contribution in [3.8, 4) is 0 Å². The molecule has 0 amide bonds. The van der Waals surface area contributed by atoms with Crippen molar-refractivity contribution in [3.05, 3.63) is 42.0 Å². The maximum absolute atomic E-state index is 3.46. The largest absolute Gasteiger partial charge is 0.385 e. The van der Waals surface area contributed by atoms with E-state index in [1.807, 2.05) is 0 Å². The second-order valence-corrected chi connectivity index (χ2v) is 3.41. The lowest BCUT2D eigenvalue weighted by atomic mass is 10.1. The van der Waals surface area contributed by atoms with Crippen molar-refractivity contribution in [2.24, 2.45) is 0 Å². The Kier molecular flexibility index (Phi) is 2.65.